The van der Waals surface area contributed by atoms with Crippen LogP contribution in [0.4, 0.5) is 0 Å². The minimum absolute atomic E-state index is 0.184. The first-order valence-electron chi connectivity index (χ1n) is 43.0. The molecule has 0 spiro atoms. The average molecular weight is 1690 g/mol. The van der Waals surface area contributed by atoms with Gasteiger partial charge in [0.25, 0.3) is 0 Å². The number of hydrogen-bond acceptors (Lipinski definition) is 17. The zero-order valence-electron chi connectivity index (χ0n) is 70.2. The van der Waals surface area contributed by atoms with E-state index < -0.39 is 0 Å². The second-order valence-electron chi connectivity index (χ2n) is 31.6. The predicted octanol–water partition coefficient (Wildman–Crippen LogP) is 25.2. The summed E-state index contributed by atoms with van der Waals surface area (Å²) in [7, 11) is 0. The molecule has 0 amide bonds. The van der Waals surface area contributed by atoms with Crippen LogP contribution in [0.15, 0.2) is 406 Å². The molecule has 7 heterocycles. The third-order valence-corrected chi connectivity index (χ3v) is 23.5. The quantitative estimate of drug-likeness (QED) is 0.0774. The fraction of sp³-hybridized carbons (Fsp3) is 0. The molecule has 19 nitrogen and oxygen atoms in total. The van der Waals surface area contributed by atoms with Crippen LogP contribution < -0.4 is 0 Å². The molecule has 0 fully saturated rings. The Morgan fingerprint density at radius 1 is 0.159 bits per heavy atom. The van der Waals surface area contributed by atoms with Gasteiger partial charge in [-0.05, 0) is 103 Å². The number of nitriles is 2. The van der Waals surface area contributed by atoms with Crippen LogP contribution in [-0.2, 0) is 0 Å². The van der Waals surface area contributed by atoms with E-state index in [1.165, 1.54) is 0 Å². The van der Waals surface area contributed by atoms with Crippen molar-refractivity contribution in [1.29, 1.82) is 10.5 Å². The maximum Gasteiger partial charge on any atom is 0.167 e. The molecule has 0 unspecified atom stereocenters. The van der Waals surface area contributed by atoms with E-state index >= 15 is 0 Å². The molecule has 614 valence electrons. The highest BCUT2D eigenvalue weighted by molar-refractivity contribution is 6.14. The van der Waals surface area contributed by atoms with Gasteiger partial charge in [-0.25, -0.2) is 74.8 Å². The van der Waals surface area contributed by atoms with Crippen molar-refractivity contribution in [2.75, 3.05) is 0 Å². The number of aromatic nitrogens is 17. The number of fused-ring (bicyclic) bond motifs is 6. The van der Waals surface area contributed by atoms with Gasteiger partial charge in [0, 0.05) is 99.4 Å². The van der Waals surface area contributed by atoms with Crippen LogP contribution in [0, 0.1) is 22.7 Å². The molecule has 0 saturated heterocycles. The lowest BCUT2D eigenvalue weighted by Crippen LogP contribution is -2.07. The van der Waals surface area contributed by atoms with Gasteiger partial charge in [0.1, 0.15) is 0 Å². The lowest BCUT2D eigenvalue weighted by atomic mass is 9.93. The van der Waals surface area contributed by atoms with E-state index in [9.17, 15) is 10.5 Å². The van der Waals surface area contributed by atoms with Gasteiger partial charge in [-0.2, -0.15) is 10.5 Å². The predicted molar refractivity (Wildman–Crippen MR) is 518 cm³/mol. The van der Waals surface area contributed by atoms with Gasteiger partial charge >= 0.3 is 0 Å². The summed E-state index contributed by atoms with van der Waals surface area (Å²) in [4.78, 5) is 79.5. The van der Waals surface area contributed by atoms with Gasteiger partial charge in [0.15, 0.2) is 87.4 Å². The van der Waals surface area contributed by atoms with Crippen LogP contribution in [0.3, 0.4) is 0 Å². The van der Waals surface area contributed by atoms with Crippen molar-refractivity contribution in [2.45, 2.75) is 0 Å². The lowest BCUT2D eigenvalue weighted by Gasteiger charge is -2.20. The fourth-order valence-corrected chi connectivity index (χ4v) is 17.2. The van der Waals surface area contributed by atoms with Crippen LogP contribution in [-0.4, -0.2) is 83.9 Å². The third-order valence-electron chi connectivity index (χ3n) is 23.5. The Hall–Kier alpha value is -18.9. The summed E-state index contributed by atoms with van der Waals surface area (Å²) in [5, 5.41) is 26.6. The van der Waals surface area contributed by atoms with E-state index in [1.54, 1.807) is 6.07 Å². The summed E-state index contributed by atoms with van der Waals surface area (Å²) in [6.45, 7) is 0. The monoisotopic (exact) mass is 1690 g/mol. The molecule has 23 aromatic rings. The lowest BCUT2D eigenvalue weighted by molar-refractivity contribution is 1.06. The van der Waals surface area contributed by atoms with Crippen molar-refractivity contribution in [1.82, 2.24) is 83.9 Å². The summed E-state index contributed by atoms with van der Waals surface area (Å²) < 4.78 is 4.40. The largest absolute Gasteiger partial charge is 0.308 e. The molecule has 0 bridgehead atoms. The molecular weight excluding hydrogens is 1620 g/mol. The standard InChI is InChI=1S/C113H67N19/c114-68-83-50-28-29-52-85(83)86-53-31-55-96(132-93-62-58-81(110-124-103(74-40-18-5-19-41-74)118-104(125-110)75-42-20-6-21-43-75)66-89(93)90-67-82(59-63-94(90)132)111-126-105(76-44-22-7-23-45-76)119-106(127-111)77-46-24-8-25-47-77)98(86)113-129-107(78-48-26-9-27-49-78)128-112(130-113)97-84(69-115)51-30-54-95(97)131-91-60-56-79(108-120-99(70-32-10-1-11-33-70)116-100(121-108)71-34-12-2-13-35-71)64-87(91)88-65-80(57-61-92(88)131)109-122-101(72-36-14-3-15-37-72)117-102(123-109)73-38-16-4-17-39-73/h1-67H. The van der Waals surface area contributed by atoms with E-state index in [4.69, 9.17) is 74.8 Å². The van der Waals surface area contributed by atoms with Gasteiger partial charge in [0.05, 0.1) is 67.8 Å². The average Bonchev–Trinajstić information content (AvgIpc) is 1.56. The van der Waals surface area contributed by atoms with E-state index in [-0.39, 0.29) is 17.2 Å². The fourth-order valence-electron chi connectivity index (χ4n) is 17.2. The topological polar surface area (TPSA) is 251 Å². The van der Waals surface area contributed by atoms with Crippen LogP contribution in [0.1, 0.15) is 11.1 Å². The molecule has 16 aromatic carbocycles. The summed E-state index contributed by atoms with van der Waals surface area (Å²) in [5.41, 5.74) is 17.4. The molecule has 0 radical (unpaired) electrons. The van der Waals surface area contributed by atoms with E-state index in [0.29, 0.717) is 132 Å². The van der Waals surface area contributed by atoms with Gasteiger partial charge in [0.2, 0.25) is 0 Å². The molecule has 0 saturated carbocycles. The SMILES string of the molecule is N#Cc1ccccc1-c1cccc(-n2c3ccc(-c4nc(-c5ccccc5)nc(-c5ccccc5)n4)cc3c3cc(-c4nc(-c5ccccc5)nc(-c5ccccc5)n4)ccc32)c1-c1nc(-c2ccccc2)nc(-c2c(C#N)cccc2-n2c3ccc(-c4nc(-c5ccccc5)nc(-c5ccccc5)n4)cc3c3cc(-c4nc(-c5ccccc5)nc(-c5ccccc5)n4)ccc32)n1. The van der Waals surface area contributed by atoms with Gasteiger partial charge in [-0.15, -0.1) is 0 Å². The highest BCUT2D eigenvalue weighted by atomic mass is 15.1. The number of hydrogen-bond donors (Lipinski definition) is 0. The second-order valence-corrected chi connectivity index (χ2v) is 31.6. The normalized spacial score (nSPS) is 11.3. The summed E-state index contributed by atoms with van der Waals surface area (Å²) in [6.07, 6.45) is 0. The third kappa shape index (κ3) is 14.6. The zero-order valence-corrected chi connectivity index (χ0v) is 70.2. The van der Waals surface area contributed by atoms with Crippen molar-refractivity contribution < 1.29 is 0 Å². The number of benzene rings is 16. The summed E-state index contributed by atoms with van der Waals surface area (Å²) in [6, 6.07) is 139. The molecule has 23 rings (SSSR count). The zero-order chi connectivity index (χ0) is 88.0. The molecular formula is C113H67N19. The van der Waals surface area contributed by atoms with Gasteiger partial charge in [-0.1, -0.05) is 309 Å². The van der Waals surface area contributed by atoms with E-state index in [0.717, 1.165) is 99.2 Å². The molecule has 0 aliphatic carbocycles. The van der Waals surface area contributed by atoms with Crippen molar-refractivity contribution >= 4 is 43.6 Å². The summed E-state index contributed by atoms with van der Waals surface area (Å²) in [5.74, 6) is 6.63. The molecule has 0 atom stereocenters. The molecule has 7 aromatic heterocycles. The van der Waals surface area contributed by atoms with Crippen LogP contribution in [0.25, 0.3) is 237 Å². The molecule has 132 heavy (non-hydrogen) atoms. The Kier molecular flexibility index (Phi) is 19.8. The first-order chi connectivity index (χ1) is 65.3. The first-order valence-corrected chi connectivity index (χ1v) is 43.0. The van der Waals surface area contributed by atoms with Crippen molar-refractivity contribution in [3.63, 3.8) is 0 Å². The van der Waals surface area contributed by atoms with Crippen LogP contribution in [0.2, 0.25) is 0 Å². The second kappa shape index (κ2) is 33.6. The van der Waals surface area contributed by atoms with Gasteiger partial charge < -0.3 is 9.13 Å². The van der Waals surface area contributed by atoms with E-state index in [2.05, 4.69) is 75.9 Å². The maximum absolute atomic E-state index is 12.0. The Balaban J connectivity index is 0.772. The minimum atomic E-state index is 0.184. The highest BCUT2D eigenvalue weighted by Gasteiger charge is 2.30. The van der Waals surface area contributed by atoms with Crippen molar-refractivity contribution in [2.24, 2.45) is 0 Å². The molecule has 0 aliphatic rings. The Labute approximate surface area is 756 Å². The molecule has 0 N–H and O–H groups in total. The number of rotatable bonds is 18. The van der Waals surface area contributed by atoms with Crippen molar-refractivity contribution in [3.05, 3.63) is 418 Å². The number of nitrogens with zero attached hydrogens (tertiary/aromatic N) is 19. The van der Waals surface area contributed by atoms with Crippen LogP contribution >= 0.6 is 0 Å². The van der Waals surface area contributed by atoms with E-state index in [1.807, 2.05) is 346 Å². The Morgan fingerprint density at radius 2 is 0.356 bits per heavy atom. The van der Waals surface area contributed by atoms with Crippen LogP contribution in [0.5, 0.6) is 0 Å². The van der Waals surface area contributed by atoms with Gasteiger partial charge in [-0.3, -0.25) is 0 Å². The minimum Gasteiger partial charge on any atom is -0.308 e. The summed E-state index contributed by atoms with van der Waals surface area (Å²) >= 11 is 0. The van der Waals surface area contributed by atoms with Crippen molar-refractivity contribution in [3.8, 4) is 205 Å². The highest BCUT2D eigenvalue weighted by Crippen LogP contribution is 2.47. The smallest absolute Gasteiger partial charge is 0.167 e. The Morgan fingerprint density at radius 3 is 0.621 bits per heavy atom. The Bertz CT molecular complexity index is 7910. The molecule has 19 heteroatoms. The maximum atomic E-state index is 12.0. The molecule has 0 aliphatic heterocycles. The first kappa shape index (κ1) is 77.9.